The molecular weight excluding hydrogens is 414 g/mol. The van der Waals surface area contributed by atoms with E-state index < -0.39 is 4.92 Å². The van der Waals surface area contributed by atoms with Crippen LogP contribution >= 0.6 is 12.2 Å². The fourth-order valence-electron chi connectivity index (χ4n) is 2.96. The van der Waals surface area contributed by atoms with Gasteiger partial charge in [-0.15, -0.1) is 5.10 Å². The molecule has 0 unspecified atom stereocenters. The van der Waals surface area contributed by atoms with Crippen LogP contribution in [-0.4, -0.2) is 14.7 Å². The molecule has 0 amide bonds. The highest BCUT2D eigenvalue weighted by atomic mass is 32.1. The number of rotatable bonds is 7. The molecule has 0 saturated heterocycles. The largest absolute Gasteiger partial charge is 0.409 e. The molecule has 0 spiro atoms. The van der Waals surface area contributed by atoms with Crippen LogP contribution in [0.1, 0.15) is 5.56 Å². The average molecular weight is 433 g/mol. The molecule has 9 heteroatoms. The van der Waals surface area contributed by atoms with E-state index in [-0.39, 0.29) is 16.4 Å². The molecule has 1 aromatic heterocycles. The number of anilines is 3. The van der Waals surface area contributed by atoms with Crippen molar-refractivity contribution < 1.29 is 9.34 Å². The molecule has 0 aliphatic heterocycles. The third-order valence-electron chi connectivity index (χ3n) is 4.58. The van der Waals surface area contributed by atoms with Gasteiger partial charge in [0.15, 0.2) is 0 Å². The highest BCUT2D eigenvalue weighted by Gasteiger charge is 2.18. The summed E-state index contributed by atoms with van der Waals surface area (Å²) in [4.78, 5) is 11.4. The smallest absolute Gasteiger partial charge is 0.293 e. The lowest BCUT2D eigenvalue weighted by Crippen LogP contribution is -2.09. The second kappa shape index (κ2) is 8.80. The Balaban J connectivity index is 1.58. The van der Waals surface area contributed by atoms with Gasteiger partial charge in [0.05, 0.1) is 4.92 Å². The maximum absolute atomic E-state index is 11.7. The summed E-state index contributed by atoms with van der Waals surface area (Å²) in [6.07, 6.45) is 0. The third-order valence-corrected chi connectivity index (χ3v) is 4.88. The molecule has 0 aliphatic carbocycles. The molecular formula is C22H19N5O3S. The van der Waals surface area contributed by atoms with E-state index in [9.17, 15) is 10.1 Å². The maximum Gasteiger partial charge on any atom is 0.293 e. The number of nitrogens with one attached hydrogen (secondary N) is 2. The van der Waals surface area contributed by atoms with Crippen molar-refractivity contribution in [3.63, 3.8) is 0 Å². The summed E-state index contributed by atoms with van der Waals surface area (Å²) in [5.74, 6) is 0.213. The molecule has 0 atom stereocenters. The van der Waals surface area contributed by atoms with Crippen molar-refractivity contribution in [2.75, 3.05) is 10.6 Å². The van der Waals surface area contributed by atoms with Crippen LogP contribution in [0.3, 0.4) is 0 Å². The van der Waals surface area contributed by atoms with E-state index in [4.69, 9.17) is 16.6 Å². The lowest BCUT2D eigenvalue weighted by molar-refractivity contribution is -0.383. The second-order valence-electron chi connectivity index (χ2n) is 6.85. The van der Waals surface area contributed by atoms with E-state index in [0.717, 1.165) is 16.9 Å². The van der Waals surface area contributed by atoms with Crippen molar-refractivity contribution in [3.8, 4) is 11.5 Å². The molecule has 0 fully saturated rings. The molecule has 0 radical (unpaired) electrons. The Labute approximate surface area is 183 Å². The average Bonchev–Trinajstić information content (AvgIpc) is 3.15. The Morgan fingerprint density at radius 3 is 2.52 bits per heavy atom. The highest BCUT2D eigenvalue weighted by molar-refractivity contribution is 7.71. The van der Waals surface area contributed by atoms with Crippen LogP contribution in [0, 0.1) is 21.9 Å². The van der Waals surface area contributed by atoms with E-state index in [1.807, 2.05) is 61.5 Å². The minimum absolute atomic E-state index is 0.0869. The Morgan fingerprint density at radius 2 is 1.81 bits per heavy atom. The van der Waals surface area contributed by atoms with Crippen molar-refractivity contribution >= 4 is 35.0 Å². The molecule has 1 heterocycles. The van der Waals surface area contributed by atoms with Gasteiger partial charge in [0.1, 0.15) is 12.4 Å². The molecule has 3 aromatic carbocycles. The number of para-hydroxylation sites is 1. The Kier molecular flexibility index (Phi) is 5.76. The number of aryl methyl sites for hydroxylation is 1. The summed E-state index contributed by atoms with van der Waals surface area (Å²) in [6.45, 7) is 2.29. The van der Waals surface area contributed by atoms with Crippen molar-refractivity contribution in [1.82, 2.24) is 9.78 Å². The number of benzene rings is 3. The van der Waals surface area contributed by atoms with E-state index in [0.29, 0.717) is 17.9 Å². The van der Waals surface area contributed by atoms with Crippen LogP contribution in [0.15, 0.2) is 77.2 Å². The Morgan fingerprint density at radius 1 is 1.06 bits per heavy atom. The topological polar surface area (TPSA) is 98.2 Å². The molecule has 4 rings (SSSR count). The molecule has 156 valence electrons. The van der Waals surface area contributed by atoms with E-state index in [1.54, 1.807) is 12.1 Å². The van der Waals surface area contributed by atoms with Gasteiger partial charge >= 0.3 is 0 Å². The summed E-state index contributed by atoms with van der Waals surface area (Å²) in [7, 11) is 0. The predicted molar refractivity (Wildman–Crippen MR) is 122 cm³/mol. The van der Waals surface area contributed by atoms with E-state index in [2.05, 4.69) is 15.7 Å². The summed E-state index contributed by atoms with van der Waals surface area (Å²) in [6, 6.07) is 22.0. The summed E-state index contributed by atoms with van der Waals surface area (Å²) in [5.41, 5.74) is 3.53. The zero-order valence-electron chi connectivity index (χ0n) is 16.6. The van der Waals surface area contributed by atoms with Crippen molar-refractivity contribution in [1.29, 1.82) is 0 Å². The fourth-order valence-corrected chi connectivity index (χ4v) is 3.14. The number of nitro groups is 1. The number of hydrogen-bond donors (Lipinski definition) is 2. The van der Waals surface area contributed by atoms with Gasteiger partial charge in [-0.25, -0.2) is 4.68 Å². The van der Waals surface area contributed by atoms with Crippen LogP contribution in [0.2, 0.25) is 0 Å². The van der Waals surface area contributed by atoms with Gasteiger partial charge in [0.2, 0.25) is 5.89 Å². The minimum Gasteiger partial charge on any atom is -0.409 e. The molecule has 0 aliphatic rings. The number of aromatic nitrogens is 2. The van der Waals surface area contributed by atoms with Gasteiger partial charge in [0.25, 0.3) is 10.5 Å². The first-order chi connectivity index (χ1) is 15.0. The van der Waals surface area contributed by atoms with Gasteiger partial charge in [-0.3, -0.25) is 10.1 Å². The number of hydrogen-bond acceptors (Lipinski definition) is 7. The van der Waals surface area contributed by atoms with Crippen LogP contribution in [0.25, 0.3) is 11.5 Å². The van der Waals surface area contributed by atoms with Crippen LogP contribution in [0.4, 0.5) is 22.7 Å². The van der Waals surface area contributed by atoms with Gasteiger partial charge in [0, 0.05) is 23.0 Å². The first-order valence-corrected chi connectivity index (χ1v) is 9.90. The molecule has 31 heavy (non-hydrogen) atoms. The lowest BCUT2D eigenvalue weighted by atomic mass is 10.1. The summed E-state index contributed by atoms with van der Waals surface area (Å²) < 4.78 is 7.07. The zero-order chi connectivity index (χ0) is 21.8. The fraction of sp³-hybridized carbons (Fsp3) is 0.0909. The molecule has 0 saturated carbocycles. The predicted octanol–water partition coefficient (Wildman–Crippen LogP) is 5.90. The van der Waals surface area contributed by atoms with Crippen molar-refractivity contribution in [2.24, 2.45) is 0 Å². The van der Waals surface area contributed by atoms with Gasteiger partial charge in [-0.1, -0.05) is 35.9 Å². The highest BCUT2D eigenvalue weighted by Crippen LogP contribution is 2.32. The third kappa shape index (κ3) is 4.78. The second-order valence-corrected chi connectivity index (χ2v) is 7.20. The Bertz CT molecular complexity index is 1270. The van der Waals surface area contributed by atoms with Gasteiger partial charge in [-0.2, -0.15) is 0 Å². The molecule has 4 aromatic rings. The first-order valence-electron chi connectivity index (χ1n) is 9.49. The minimum atomic E-state index is -0.442. The van der Waals surface area contributed by atoms with Crippen LogP contribution < -0.4 is 10.6 Å². The monoisotopic (exact) mass is 433 g/mol. The maximum atomic E-state index is 11.7. The number of nitro benzene ring substituents is 1. The van der Waals surface area contributed by atoms with Gasteiger partial charge in [-0.05, 0) is 55.5 Å². The van der Waals surface area contributed by atoms with Crippen molar-refractivity contribution in [2.45, 2.75) is 13.6 Å². The molecule has 0 bridgehead atoms. The zero-order valence-corrected chi connectivity index (χ0v) is 17.4. The van der Waals surface area contributed by atoms with Crippen LogP contribution in [-0.2, 0) is 6.67 Å². The Hall–Kier alpha value is -3.98. The lowest BCUT2D eigenvalue weighted by Gasteiger charge is -2.08. The quantitative estimate of drug-likeness (QED) is 0.213. The summed E-state index contributed by atoms with van der Waals surface area (Å²) in [5, 5.41) is 22.3. The van der Waals surface area contributed by atoms with Gasteiger partial charge < -0.3 is 15.1 Å². The van der Waals surface area contributed by atoms with Crippen LogP contribution in [0.5, 0.6) is 0 Å². The molecule has 2 N–H and O–H groups in total. The normalized spacial score (nSPS) is 10.6. The first kappa shape index (κ1) is 20.3. The molecule has 8 nitrogen and oxygen atoms in total. The number of nitrogens with zero attached hydrogens (tertiary/aromatic N) is 3. The SMILES string of the molecule is Cc1ccc(Nc2ccc(-c3nn(CNc4ccccc4)c(=S)o3)cc2[N+](=O)[O-])cc1. The summed E-state index contributed by atoms with van der Waals surface area (Å²) >= 11 is 5.24. The standard InChI is InChI=1S/C22H19N5O3S/c1-15-7-10-18(11-8-15)24-19-12-9-16(13-20(19)27(28)29)21-25-26(22(31)30-21)14-23-17-5-3-2-4-6-17/h2-13,23-24H,14H2,1H3. The van der Waals surface area contributed by atoms with E-state index >= 15 is 0 Å². The van der Waals surface area contributed by atoms with Crippen molar-refractivity contribution in [3.05, 3.63) is 93.3 Å². The van der Waals surface area contributed by atoms with E-state index in [1.165, 1.54) is 10.7 Å².